The van der Waals surface area contributed by atoms with Crippen LogP contribution in [0.25, 0.3) is 0 Å². The van der Waals surface area contributed by atoms with E-state index in [2.05, 4.69) is 13.8 Å². The number of halogens is 1. The highest BCUT2D eigenvalue weighted by atomic mass is 19.1. The van der Waals surface area contributed by atoms with Gasteiger partial charge in [0.15, 0.2) is 0 Å². The molecule has 0 aliphatic heterocycles. The minimum Gasteiger partial charge on any atom is -0.243 e. The molecule has 0 radical (unpaired) electrons. The van der Waals surface area contributed by atoms with Crippen molar-refractivity contribution in [2.75, 3.05) is 0 Å². The van der Waals surface area contributed by atoms with E-state index in [0.717, 1.165) is 31.6 Å². The maximum Gasteiger partial charge on any atom is 0.119 e. The van der Waals surface area contributed by atoms with Gasteiger partial charge in [0.25, 0.3) is 0 Å². The minimum absolute atomic E-state index is 0.0199. The second-order valence-corrected chi connectivity index (χ2v) is 9.05. The lowest BCUT2D eigenvalue weighted by Crippen LogP contribution is -2.58. The van der Waals surface area contributed by atoms with Gasteiger partial charge in [0.1, 0.15) is 5.67 Å². The van der Waals surface area contributed by atoms with Crippen LogP contribution in [0.3, 0.4) is 0 Å². The van der Waals surface area contributed by atoms with Gasteiger partial charge in [-0.3, -0.25) is 0 Å². The fourth-order valence-corrected chi connectivity index (χ4v) is 7.20. The van der Waals surface area contributed by atoms with Crippen LogP contribution in [0.5, 0.6) is 0 Å². The molecule has 4 aliphatic carbocycles. The third-order valence-electron chi connectivity index (χ3n) is 8.48. The first-order chi connectivity index (χ1) is 9.50. The SMILES string of the molecule is C[C@]12CCCC[C@@H]1CC[C@@H]1[C@@H]2CC[C@]2(C)CCC[C@@]12F. The lowest BCUT2D eigenvalue weighted by Gasteiger charge is -2.61. The summed E-state index contributed by atoms with van der Waals surface area (Å²) >= 11 is 0. The summed E-state index contributed by atoms with van der Waals surface area (Å²) in [5.41, 5.74) is -0.322. The molecule has 0 saturated heterocycles. The molecule has 0 unspecified atom stereocenters. The molecule has 0 nitrogen and oxygen atoms in total. The Morgan fingerprint density at radius 3 is 2.45 bits per heavy atom. The van der Waals surface area contributed by atoms with Crippen LogP contribution in [0.15, 0.2) is 0 Å². The van der Waals surface area contributed by atoms with Crippen molar-refractivity contribution in [2.24, 2.45) is 28.6 Å². The van der Waals surface area contributed by atoms with Crippen LogP contribution < -0.4 is 0 Å². The third-order valence-corrected chi connectivity index (χ3v) is 8.48. The summed E-state index contributed by atoms with van der Waals surface area (Å²) in [5.74, 6) is 1.99. The molecule has 0 heterocycles. The van der Waals surface area contributed by atoms with Gasteiger partial charge in [-0.05, 0) is 81.0 Å². The molecule has 114 valence electrons. The Balaban J connectivity index is 1.70. The molecular formula is C19H31F. The Labute approximate surface area is 123 Å². The van der Waals surface area contributed by atoms with Crippen LogP contribution in [-0.4, -0.2) is 5.67 Å². The number of rotatable bonds is 0. The molecule has 4 saturated carbocycles. The van der Waals surface area contributed by atoms with Crippen LogP contribution in [0.4, 0.5) is 4.39 Å². The monoisotopic (exact) mass is 278 g/mol. The zero-order valence-electron chi connectivity index (χ0n) is 13.4. The van der Waals surface area contributed by atoms with Crippen LogP contribution >= 0.6 is 0 Å². The van der Waals surface area contributed by atoms with Crippen LogP contribution in [0.2, 0.25) is 0 Å². The van der Waals surface area contributed by atoms with Gasteiger partial charge in [-0.1, -0.05) is 26.7 Å². The standard InChI is InChI=1S/C19H31F/c1-17-10-5-12-19(17,20)16-8-7-14-6-3-4-11-18(14,2)15(16)9-13-17/h14-16H,3-13H2,1-2H3/t14-,15+,16-,17+,18+,19-/m1/s1. The summed E-state index contributed by atoms with van der Waals surface area (Å²) in [5, 5.41) is 0. The molecule has 1 heteroatoms. The molecule has 4 fully saturated rings. The van der Waals surface area contributed by atoms with Crippen molar-refractivity contribution < 1.29 is 4.39 Å². The van der Waals surface area contributed by atoms with Gasteiger partial charge in [0, 0.05) is 5.41 Å². The Morgan fingerprint density at radius 1 is 0.750 bits per heavy atom. The largest absolute Gasteiger partial charge is 0.243 e. The van der Waals surface area contributed by atoms with E-state index in [-0.39, 0.29) is 5.41 Å². The number of fused-ring (bicyclic) bond motifs is 5. The summed E-state index contributed by atoms with van der Waals surface area (Å²) in [6.45, 7) is 4.81. The van der Waals surface area contributed by atoms with E-state index in [1.54, 1.807) is 0 Å². The smallest absolute Gasteiger partial charge is 0.119 e. The lowest BCUT2D eigenvalue weighted by atomic mass is 9.44. The van der Waals surface area contributed by atoms with E-state index < -0.39 is 5.67 Å². The van der Waals surface area contributed by atoms with Crippen molar-refractivity contribution in [2.45, 2.75) is 90.1 Å². The number of alkyl halides is 1. The first-order valence-corrected chi connectivity index (χ1v) is 9.19. The summed E-state index contributed by atoms with van der Waals surface area (Å²) < 4.78 is 16.0. The number of hydrogen-bond donors (Lipinski definition) is 0. The predicted octanol–water partition coefficient (Wildman–Crippen LogP) is 5.90. The third kappa shape index (κ3) is 1.53. The van der Waals surface area contributed by atoms with E-state index >= 15 is 4.39 Å². The van der Waals surface area contributed by atoms with Crippen LogP contribution in [0.1, 0.15) is 84.5 Å². The molecule has 0 amide bonds. The van der Waals surface area contributed by atoms with Crippen molar-refractivity contribution >= 4 is 0 Å². The summed E-state index contributed by atoms with van der Waals surface area (Å²) in [6.07, 6.45) is 13.8. The quantitative estimate of drug-likeness (QED) is 0.517. The molecule has 0 aromatic carbocycles. The summed E-state index contributed by atoms with van der Waals surface area (Å²) in [6, 6.07) is 0. The summed E-state index contributed by atoms with van der Waals surface area (Å²) in [4.78, 5) is 0. The molecule has 0 aromatic heterocycles. The van der Waals surface area contributed by atoms with Gasteiger partial charge in [0.2, 0.25) is 0 Å². The van der Waals surface area contributed by atoms with Gasteiger partial charge in [-0.15, -0.1) is 0 Å². The zero-order chi connectivity index (χ0) is 14.0. The van der Waals surface area contributed by atoms with E-state index in [1.807, 2.05) is 0 Å². The fraction of sp³-hybridized carbons (Fsp3) is 1.00. The zero-order valence-corrected chi connectivity index (χ0v) is 13.4. The van der Waals surface area contributed by atoms with Crippen LogP contribution in [0, 0.1) is 28.6 Å². The number of hydrogen-bond acceptors (Lipinski definition) is 0. The Bertz CT molecular complexity index is 405. The van der Waals surface area contributed by atoms with E-state index in [1.165, 1.54) is 44.9 Å². The van der Waals surface area contributed by atoms with E-state index in [4.69, 9.17) is 0 Å². The molecular weight excluding hydrogens is 247 g/mol. The van der Waals surface area contributed by atoms with Crippen molar-refractivity contribution in [3.05, 3.63) is 0 Å². The first kappa shape index (κ1) is 13.6. The molecule has 20 heavy (non-hydrogen) atoms. The lowest BCUT2D eigenvalue weighted by molar-refractivity contribution is -0.161. The molecule has 0 aromatic rings. The Kier molecular flexibility index (Phi) is 2.87. The van der Waals surface area contributed by atoms with E-state index in [9.17, 15) is 0 Å². The summed E-state index contributed by atoms with van der Waals surface area (Å²) in [7, 11) is 0. The normalized spacial score (nSPS) is 58.6. The topological polar surface area (TPSA) is 0 Å². The fourth-order valence-electron chi connectivity index (χ4n) is 7.20. The highest BCUT2D eigenvalue weighted by Gasteiger charge is 2.65. The molecule has 4 aliphatic rings. The van der Waals surface area contributed by atoms with Gasteiger partial charge in [-0.2, -0.15) is 0 Å². The van der Waals surface area contributed by atoms with Gasteiger partial charge in [0.05, 0.1) is 0 Å². The molecule has 4 rings (SSSR count). The van der Waals surface area contributed by atoms with Crippen molar-refractivity contribution in [3.63, 3.8) is 0 Å². The predicted molar refractivity (Wildman–Crippen MR) is 81.3 cm³/mol. The highest BCUT2D eigenvalue weighted by Crippen LogP contribution is 2.68. The van der Waals surface area contributed by atoms with Gasteiger partial charge >= 0.3 is 0 Å². The Morgan fingerprint density at radius 2 is 1.60 bits per heavy atom. The molecule has 6 atom stereocenters. The maximum atomic E-state index is 16.0. The molecule has 0 N–H and O–H groups in total. The van der Waals surface area contributed by atoms with E-state index in [0.29, 0.717) is 17.3 Å². The average Bonchev–Trinajstić information content (AvgIpc) is 2.74. The minimum atomic E-state index is -0.818. The second kappa shape index (κ2) is 4.23. The van der Waals surface area contributed by atoms with Crippen molar-refractivity contribution in [1.82, 2.24) is 0 Å². The second-order valence-electron chi connectivity index (χ2n) is 9.05. The van der Waals surface area contributed by atoms with Crippen molar-refractivity contribution in [1.29, 1.82) is 0 Å². The maximum absolute atomic E-state index is 16.0. The molecule has 0 bridgehead atoms. The Hall–Kier alpha value is -0.0700. The average molecular weight is 278 g/mol. The van der Waals surface area contributed by atoms with Crippen LogP contribution in [-0.2, 0) is 0 Å². The highest BCUT2D eigenvalue weighted by molar-refractivity contribution is 5.14. The van der Waals surface area contributed by atoms with Crippen molar-refractivity contribution in [3.8, 4) is 0 Å². The van der Waals surface area contributed by atoms with Gasteiger partial charge < -0.3 is 0 Å². The molecule has 0 spiro atoms. The van der Waals surface area contributed by atoms with Gasteiger partial charge in [-0.25, -0.2) is 4.39 Å². The first-order valence-electron chi connectivity index (χ1n) is 9.19.